The van der Waals surface area contributed by atoms with Gasteiger partial charge in [0.05, 0.1) is 12.7 Å². The predicted molar refractivity (Wildman–Crippen MR) is 75.2 cm³/mol. The lowest BCUT2D eigenvalue weighted by molar-refractivity contribution is 0.225. The second-order valence-electron chi connectivity index (χ2n) is 4.61. The van der Waals surface area contributed by atoms with Gasteiger partial charge in [0.25, 0.3) is 0 Å². The molecule has 0 radical (unpaired) electrons. The van der Waals surface area contributed by atoms with E-state index >= 15 is 0 Å². The monoisotopic (exact) mass is 249 g/mol. The number of nitrogens with zero attached hydrogens (tertiary/aromatic N) is 1. The minimum Gasteiger partial charge on any atom is -0.496 e. The van der Waals surface area contributed by atoms with Crippen molar-refractivity contribution in [3.05, 3.63) is 29.3 Å². The third-order valence-electron chi connectivity index (χ3n) is 3.08. The number of nitrogens with one attached hydrogen (secondary N) is 1. The van der Waals surface area contributed by atoms with Gasteiger partial charge in [-0.25, -0.2) is 0 Å². The zero-order chi connectivity index (χ0) is 13.7. The Balaban J connectivity index is 2.97. The summed E-state index contributed by atoms with van der Waals surface area (Å²) in [5.41, 5.74) is 7.38. The standard InChI is InChI=1S/C14H23N3O/c1-5-17(10(2)3)9-11-6-7-13(18-4)12(8-11)14(15)16/h6-8,10H,5,9H2,1-4H3,(H3,15,16). The molecule has 0 amide bonds. The molecule has 0 fully saturated rings. The molecule has 4 heteroatoms. The van der Waals surface area contributed by atoms with Crippen molar-refractivity contribution in [1.82, 2.24) is 4.90 Å². The lowest BCUT2D eigenvalue weighted by Crippen LogP contribution is -2.30. The topological polar surface area (TPSA) is 62.3 Å². The third-order valence-corrected chi connectivity index (χ3v) is 3.08. The summed E-state index contributed by atoms with van der Waals surface area (Å²) in [5.74, 6) is 0.695. The number of ether oxygens (including phenoxy) is 1. The summed E-state index contributed by atoms with van der Waals surface area (Å²) in [5, 5.41) is 7.57. The molecule has 0 aliphatic heterocycles. The van der Waals surface area contributed by atoms with Crippen LogP contribution >= 0.6 is 0 Å². The van der Waals surface area contributed by atoms with Crippen LogP contribution in [-0.4, -0.2) is 30.4 Å². The summed E-state index contributed by atoms with van der Waals surface area (Å²) in [4.78, 5) is 2.35. The number of methoxy groups -OCH3 is 1. The molecule has 3 N–H and O–H groups in total. The van der Waals surface area contributed by atoms with E-state index in [1.165, 1.54) is 0 Å². The van der Waals surface area contributed by atoms with E-state index in [1.54, 1.807) is 7.11 Å². The molecule has 4 nitrogen and oxygen atoms in total. The predicted octanol–water partition coefficient (Wildman–Crippen LogP) is 2.21. The van der Waals surface area contributed by atoms with Crippen molar-refractivity contribution in [3.63, 3.8) is 0 Å². The Hall–Kier alpha value is -1.55. The van der Waals surface area contributed by atoms with E-state index in [4.69, 9.17) is 15.9 Å². The molecule has 0 unspecified atom stereocenters. The fourth-order valence-corrected chi connectivity index (χ4v) is 1.96. The maximum Gasteiger partial charge on any atom is 0.129 e. The molecule has 0 saturated heterocycles. The SMILES string of the molecule is CCN(Cc1ccc(OC)c(C(=N)N)c1)C(C)C. The summed E-state index contributed by atoms with van der Waals surface area (Å²) < 4.78 is 5.21. The van der Waals surface area contributed by atoms with Crippen LogP contribution in [-0.2, 0) is 6.54 Å². The first-order chi connectivity index (χ1) is 8.49. The van der Waals surface area contributed by atoms with Gasteiger partial charge in [0.15, 0.2) is 0 Å². The van der Waals surface area contributed by atoms with Gasteiger partial charge in [0.1, 0.15) is 11.6 Å². The smallest absolute Gasteiger partial charge is 0.129 e. The Bertz CT molecular complexity index is 416. The summed E-state index contributed by atoms with van der Waals surface area (Å²) in [6, 6.07) is 6.33. The quantitative estimate of drug-likeness (QED) is 0.600. The highest BCUT2D eigenvalue weighted by Gasteiger charge is 2.11. The van der Waals surface area contributed by atoms with Crippen molar-refractivity contribution in [1.29, 1.82) is 5.41 Å². The minimum absolute atomic E-state index is 0.0429. The first kappa shape index (κ1) is 14.5. The number of nitrogen functional groups attached to an aromatic ring is 1. The van der Waals surface area contributed by atoms with Crippen molar-refractivity contribution in [2.24, 2.45) is 5.73 Å². The summed E-state index contributed by atoms with van der Waals surface area (Å²) in [6.07, 6.45) is 0. The van der Waals surface area contributed by atoms with Crippen LogP contribution in [0.2, 0.25) is 0 Å². The number of nitrogens with two attached hydrogens (primary N) is 1. The average Bonchev–Trinajstić information content (AvgIpc) is 2.35. The fraction of sp³-hybridized carbons (Fsp3) is 0.500. The molecule has 0 aliphatic rings. The van der Waals surface area contributed by atoms with Gasteiger partial charge in [-0.05, 0) is 38.1 Å². The largest absolute Gasteiger partial charge is 0.496 e. The zero-order valence-corrected chi connectivity index (χ0v) is 11.7. The van der Waals surface area contributed by atoms with Gasteiger partial charge >= 0.3 is 0 Å². The highest BCUT2D eigenvalue weighted by Crippen LogP contribution is 2.20. The second-order valence-corrected chi connectivity index (χ2v) is 4.61. The first-order valence-corrected chi connectivity index (χ1v) is 6.25. The van der Waals surface area contributed by atoms with Crippen LogP contribution in [0.5, 0.6) is 5.75 Å². The molecule has 0 bridgehead atoms. The van der Waals surface area contributed by atoms with Gasteiger partial charge in [-0.15, -0.1) is 0 Å². The fourth-order valence-electron chi connectivity index (χ4n) is 1.96. The van der Waals surface area contributed by atoms with Gasteiger partial charge in [-0.2, -0.15) is 0 Å². The molecular weight excluding hydrogens is 226 g/mol. The van der Waals surface area contributed by atoms with Crippen LogP contribution in [0.25, 0.3) is 0 Å². The number of hydrogen-bond acceptors (Lipinski definition) is 3. The summed E-state index contributed by atoms with van der Waals surface area (Å²) in [7, 11) is 1.59. The van der Waals surface area contributed by atoms with Crippen LogP contribution < -0.4 is 10.5 Å². The molecule has 1 aromatic carbocycles. The van der Waals surface area contributed by atoms with Crippen LogP contribution in [0.1, 0.15) is 31.9 Å². The van der Waals surface area contributed by atoms with Gasteiger partial charge in [-0.3, -0.25) is 10.3 Å². The highest BCUT2D eigenvalue weighted by molar-refractivity contribution is 5.97. The Morgan fingerprint density at radius 2 is 2.11 bits per heavy atom. The number of hydrogen-bond donors (Lipinski definition) is 2. The van der Waals surface area contributed by atoms with Gasteiger partial charge < -0.3 is 10.5 Å². The van der Waals surface area contributed by atoms with Crippen molar-refractivity contribution < 1.29 is 4.74 Å². The number of benzene rings is 1. The molecule has 1 rings (SSSR count). The lowest BCUT2D eigenvalue weighted by Gasteiger charge is -2.25. The van der Waals surface area contributed by atoms with E-state index in [0.717, 1.165) is 18.7 Å². The molecule has 0 spiro atoms. The van der Waals surface area contributed by atoms with Crippen molar-refractivity contribution in [2.45, 2.75) is 33.4 Å². The molecule has 0 saturated carbocycles. The van der Waals surface area contributed by atoms with Gasteiger partial charge in [0, 0.05) is 12.6 Å². The van der Waals surface area contributed by atoms with Crippen LogP contribution in [0, 0.1) is 5.41 Å². The van der Waals surface area contributed by atoms with E-state index in [0.29, 0.717) is 17.4 Å². The maximum absolute atomic E-state index is 7.57. The Kier molecular flexibility index (Phi) is 5.16. The molecule has 100 valence electrons. The van der Waals surface area contributed by atoms with Crippen LogP contribution in [0.3, 0.4) is 0 Å². The average molecular weight is 249 g/mol. The highest BCUT2D eigenvalue weighted by atomic mass is 16.5. The van der Waals surface area contributed by atoms with Crippen LogP contribution in [0.15, 0.2) is 18.2 Å². The Morgan fingerprint density at radius 1 is 1.44 bits per heavy atom. The minimum atomic E-state index is 0.0429. The third kappa shape index (κ3) is 3.47. The maximum atomic E-state index is 7.57. The van der Waals surface area contributed by atoms with Crippen LogP contribution in [0.4, 0.5) is 0 Å². The summed E-state index contributed by atoms with van der Waals surface area (Å²) >= 11 is 0. The molecular formula is C14H23N3O. The summed E-state index contributed by atoms with van der Waals surface area (Å²) in [6.45, 7) is 8.37. The molecule has 1 aromatic rings. The molecule has 0 heterocycles. The molecule has 0 aliphatic carbocycles. The van der Waals surface area contributed by atoms with Crippen molar-refractivity contribution >= 4 is 5.84 Å². The van der Waals surface area contributed by atoms with E-state index in [-0.39, 0.29) is 5.84 Å². The Labute approximate surface area is 109 Å². The normalized spacial score (nSPS) is 11.0. The Morgan fingerprint density at radius 3 is 2.56 bits per heavy atom. The van der Waals surface area contributed by atoms with E-state index < -0.39 is 0 Å². The number of amidine groups is 1. The van der Waals surface area contributed by atoms with Crippen molar-refractivity contribution in [3.8, 4) is 5.75 Å². The molecule has 18 heavy (non-hydrogen) atoms. The van der Waals surface area contributed by atoms with E-state index in [9.17, 15) is 0 Å². The lowest BCUT2D eigenvalue weighted by atomic mass is 10.1. The van der Waals surface area contributed by atoms with E-state index in [2.05, 4.69) is 25.7 Å². The second kappa shape index (κ2) is 6.40. The van der Waals surface area contributed by atoms with E-state index in [1.807, 2.05) is 18.2 Å². The van der Waals surface area contributed by atoms with Gasteiger partial charge in [-0.1, -0.05) is 13.0 Å². The molecule has 0 aromatic heterocycles. The van der Waals surface area contributed by atoms with Gasteiger partial charge in [0.2, 0.25) is 0 Å². The molecule has 0 atom stereocenters. The number of rotatable bonds is 6. The zero-order valence-electron chi connectivity index (χ0n) is 11.7. The first-order valence-electron chi connectivity index (χ1n) is 6.25. The van der Waals surface area contributed by atoms with Crippen molar-refractivity contribution in [2.75, 3.05) is 13.7 Å².